The van der Waals surface area contributed by atoms with Gasteiger partial charge in [0.25, 0.3) is 0 Å². The van der Waals surface area contributed by atoms with E-state index in [1.165, 1.54) is 22.7 Å². The number of guanidine groups is 1. The Hall–Kier alpha value is -1.42. The number of rotatable bonds is 9. The summed E-state index contributed by atoms with van der Waals surface area (Å²) < 4.78 is 6.12. The summed E-state index contributed by atoms with van der Waals surface area (Å²) in [4.78, 5) is 15.0. The molecule has 1 aliphatic carbocycles. The molecule has 29 heavy (non-hydrogen) atoms. The molecule has 0 aliphatic heterocycles. The topological polar surface area (TPSA) is 71.4 Å². The molecule has 1 fully saturated rings. The van der Waals surface area contributed by atoms with Gasteiger partial charge in [-0.05, 0) is 45.1 Å². The molecule has 0 radical (unpaired) electrons. The SMILES string of the molecule is CCNC(=NCc1cccnc1OC1CCCC1)NCCc1ncc(CC)s1.I. The molecule has 8 heteroatoms. The van der Waals surface area contributed by atoms with Crippen molar-refractivity contribution in [1.82, 2.24) is 20.6 Å². The van der Waals surface area contributed by atoms with Crippen molar-refractivity contribution in [3.63, 3.8) is 0 Å². The Morgan fingerprint density at radius 2 is 2.07 bits per heavy atom. The number of ether oxygens (including phenoxy) is 1. The number of nitrogens with one attached hydrogen (secondary N) is 2. The molecule has 0 atom stereocenters. The highest BCUT2D eigenvalue weighted by atomic mass is 127. The summed E-state index contributed by atoms with van der Waals surface area (Å²) in [6.07, 6.45) is 10.8. The maximum atomic E-state index is 6.12. The molecular formula is C21H32IN5OS. The quantitative estimate of drug-likeness (QED) is 0.288. The average molecular weight is 529 g/mol. The Balaban J connectivity index is 0.00000300. The monoisotopic (exact) mass is 529 g/mol. The fraction of sp³-hybridized carbons (Fsp3) is 0.571. The zero-order chi connectivity index (χ0) is 19.6. The molecule has 2 N–H and O–H groups in total. The minimum Gasteiger partial charge on any atom is -0.474 e. The van der Waals surface area contributed by atoms with E-state index >= 15 is 0 Å². The van der Waals surface area contributed by atoms with E-state index in [9.17, 15) is 0 Å². The van der Waals surface area contributed by atoms with Crippen LogP contribution in [0.5, 0.6) is 5.88 Å². The highest BCUT2D eigenvalue weighted by Crippen LogP contribution is 2.25. The number of pyridine rings is 1. The van der Waals surface area contributed by atoms with E-state index in [4.69, 9.17) is 9.73 Å². The zero-order valence-electron chi connectivity index (χ0n) is 17.3. The van der Waals surface area contributed by atoms with Gasteiger partial charge in [-0.1, -0.05) is 13.0 Å². The third kappa shape index (κ3) is 7.73. The van der Waals surface area contributed by atoms with Gasteiger partial charge in [-0.3, -0.25) is 0 Å². The normalized spacial score (nSPS) is 14.5. The largest absolute Gasteiger partial charge is 0.474 e. The van der Waals surface area contributed by atoms with E-state index in [0.29, 0.717) is 12.6 Å². The summed E-state index contributed by atoms with van der Waals surface area (Å²) >= 11 is 1.79. The van der Waals surface area contributed by atoms with Gasteiger partial charge in [0.05, 0.1) is 11.6 Å². The zero-order valence-corrected chi connectivity index (χ0v) is 20.5. The Morgan fingerprint density at radius 3 is 2.79 bits per heavy atom. The lowest BCUT2D eigenvalue weighted by Crippen LogP contribution is -2.38. The van der Waals surface area contributed by atoms with Gasteiger partial charge < -0.3 is 15.4 Å². The van der Waals surface area contributed by atoms with Crippen LogP contribution < -0.4 is 15.4 Å². The summed E-state index contributed by atoms with van der Waals surface area (Å²) in [5.41, 5.74) is 1.03. The van der Waals surface area contributed by atoms with E-state index in [2.05, 4.69) is 34.4 Å². The first kappa shape index (κ1) is 23.9. The van der Waals surface area contributed by atoms with Crippen LogP contribution in [0.25, 0.3) is 0 Å². The van der Waals surface area contributed by atoms with Crippen molar-refractivity contribution < 1.29 is 4.74 Å². The van der Waals surface area contributed by atoms with Crippen molar-refractivity contribution >= 4 is 41.3 Å². The third-order valence-corrected chi connectivity index (χ3v) is 5.96. The van der Waals surface area contributed by atoms with Crippen LogP contribution in [0, 0.1) is 0 Å². The Kier molecular flexibility index (Phi) is 10.7. The molecule has 6 nitrogen and oxygen atoms in total. The molecule has 3 rings (SSSR count). The Labute approximate surface area is 195 Å². The van der Waals surface area contributed by atoms with Crippen molar-refractivity contribution in [2.24, 2.45) is 4.99 Å². The molecule has 2 aromatic heterocycles. The Bertz CT molecular complexity index is 761. The standard InChI is InChI=1S/C21H31N5OS.HI/c1-3-18-15-25-19(28-18)11-13-24-21(22-4-2)26-14-16-8-7-12-23-20(16)27-17-9-5-6-10-17;/h7-8,12,15,17H,3-6,9-11,13-14H2,1-2H3,(H2,22,24,26);1H. The number of thiazole rings is 1. The smallest absolute Gasteiger partial charge is 0.218 e. The van der Waals surface area contributed by atoms with Crippen molar-refractivity contribution in [1.29, 1.82) is 0 Å². The van der Waals surface area contributed by atoms with Gasteiger partial charge in [-0.15, -0.1) is 35.3 Å². The molecule has 0 unspecified atom stereocenters. The van der Waals surface area contributed by atoms with Gasteiger partial charge in [-0.25, -0.2) is 15.0 Å². The molecule has 0 saturated heterocycles. The van der Waals surface area contributed by atoms with Gasteiger partial charge in [0.1, 0.15) is 6.10 Å². The first-order valence-corrected chi connectivity index (χ1v) is 11.2. The Morgan fingerprint density at radius 1 is 1.24 bits per heavy atom. The van der Waals surface area contributed by atoms with Gasteiger partial charge in [0, 0.05) is 42.3 Å². The average Bonchev–Trinajstić information content (AvgIpc) is 3.39. The maximum absolute atomic E-state index is 6.12. The van der Waals surface area contributed by atoms with Gasteiger partial charge in [0.15, 0.2) is 5.96 Å². The summed E-state index contributed by atoms with van der Waals surface area (Å²) in [7, 11) is 0. The van der Waals surface area contributed by atoms with Crippen molar-refractivity contribution in [2.45, 2.75) is 65.0 Å². The number of hydrogen-bond donors (Lipinski definition) is 2. The van der Waals surface area contributed by atoms with Crippen LogP contribution in [0.4, 0.5) is 0 Å². The highest BCUT2D eigenvalue weighted by Gasteiger charge is 2.18. The fourth-order valence-electron chi connectivity index (χ4n) is 3.24. The van der Waals surface area contributed by atoms with Crippen LogP contribution in [0.2, 0.25) is 0 Å². The molecule has 0 aromatic carbocycles. The van der Waals surface area contributed by atoms with Gasteiger partial charge in [0.2, 0.25) is 5.88 Å². The minimum absolute atomic E-state index is 0. The molecule has 0 bridgehead atoms. The van der Waals surface area contributed by atoms with E-state index in [1.54, 1.807) is 17.5 Å². The molecule has 1 saturated carbocycles. The molecule has 0 spiro atoms. The second-order valence-corrected chi connectivity index (χ2v) is 8.14. The maximum Gasteiger partial charge on any atom is 0.218 e. The van der Waals surface area contributed by atoms with Crippen molar-refractivity contribution in [3.05, 3.63) is 40.0 Å². The van der Waals surface area contributed by atoms with Crippen LogP contribution in [0.1, 0.15) is 55.0 Å². The second-order valence-electron chi connectivity index (χ2n) is 6.94. The third-order valence-electron chi connectivity index (χ3n) is 4.76. The van der Waals surface area contributed by atoms with Crippen LogP contribution in [-0.4, -0.2) is 35.1 Å². The molecule has 0 amide bonds. The number of nitrogens with zero attached hydrogens (tertiary/aromatic N) is 3. The van der Waals surface area contributed by atoms with Crippen molar-refractivity contribution in [2.75, 3.05) is 13.1 Å². The lowest BCUT2D eigenvalue weighted by molar-refractivity contribution is 0.199. The van der Waals surface area contributed by atoms with Crippen LogP contribution in [0.3, 0.4) is 0 Å². The van der Waals surface area contributed by atoms with Gasteiger partial charge >= 0.3 is 0 Å². The first-order chi connectivity index (χ1) is 13.8. The lowest BCUT2D eigenvalue weighted by atomic mass is 10.2. The van der Waals surface area contributed by atoms with E-state index < -0.39 is 0 Å². The lowest BCUT2D eigenvalue weighted by Gasteiger charge is -2.15. The molecule has 160 valence electrons. The number of hydrogen-bond acceptors (Lipinski definition) is 5. The summed E-state index contributed by atoms with van der Waals surface area (Å²) in [5, 5.41) is 7.88. The van der Waals surface area contributed by atoms with Crippen LogP contribution >= 0.6 is 35.3 Å². The number of aryl methyl sites for hydroxylation is 1. The molecule has 2 aromatic rings. The highest BCUT2D eigenvalue weighted by molar-refractivity contribution is 14.0. The number of halogens is 1. The second kappa shape index (κ2) is 13.0. The summed E-state index contributed by atoms with van der Waals surface area (Å²) in [5.74, 6) is 1.54. The van der Waals surface area contributed by atoms with Gasteiger partial charge in [-0.2, -0.15) is 0 Å². The van der Waals surface area contributed by atoms with E-state index in [0.717, 1.165) is 56.2 Å². The predicted molar refractivity (Wildman–Crippen MR) is 131 cm³/mol. The number of aromatic nitrogens is 2. The van der Waals surface area contributed by atoms with Crippen molar-refractivity contribution in [3.8, 4) is 5.88 Å². The molecule has 1 aliphatic rings. The summed E-state index contributed by atoms with van der Waals surface area (Å²) in [6, 6.07) is 3.99. The number of aliphatic imine (C=N–C) groups is 1. The van der Waals surface area contributed by atoms with E-state index in [1.807, 2.05) is 18.3 Å². The van der Waals surface area contributed by atoms with E-state index in [-0.39, 0.29) is 24.0 Å². The predicted octanol–water partition coefficient (Wildman–Crippen LogP) is 4.34. The summed E-state index contributed by atoms with van der Waals surface area (Å²) in [6.45, 7) is 6.41. The molecule has 2 heterocycles. The fourth-order valence-corrected chi connectivity index (χ4v) is 4.10. The van der Waals surface area contributed by atoms with Crippen LogP contribution in [-0.2, 0) is 19.4 Å². The minimum atomic E-state index is 0. The molecular weight excluding hydrogens is 497 g/mol. The first-order valence-electron chi connectivity index (χ1n) is 10.3. The van der Waals surface area contributed by atoms with Crippen LogP contribution in [0.15, 0.2) is 29.5 Å².